The smallest absolute Gasteiger partial charge is 0.731 e. The number of fused-ring (bicyclic) bond motifs is 1. The molecule has 2 amide bonds. The average Bonchev–Trinajstić information content (AvgIpc) is 2.96. The van der Waals surface area contributed by atoms with E-state index < -0.39 is 66.5 Å². The molecule has 0 radical (unpaired) electrons. The molecule has 1 aromatic carbocycles. The summed E-state index contributed by atoms with van der Waals surface area (Å²) in [5, 5.41) is 0. The van der Waals surface area contributed by atoms with Crippen molar-refractivity contribution >= 4 is 49.0 Å². The van der Waals surface area contributed by atoms with Crippen LogP contribution >= 0.6 is 0 Å². The molecule has 2 aliphatic rings. The van der Waals surface area contributed by atoms with Crippen LogP contribution in [0, 0.1) is 0 Å². The molecule has 0 spiro atoms. The number of carbonyl (C=O) groups is 2. The Kier molecular flexibility index (Phi) is 12.9. The third-order valence-corrected chi connectivity index (χ3v) is 6.13. The Morgan fingerprint density at radius 1 is 0.943 bits per heavy atom. The zero-order valence-corrected chi connectivity index (χ0v) is 26.8. The molecule has 2 atom stereocenters. The molecule has 15 nitrogen and oxygen atoms in total. The summed E-state index contributed by atoms with van der Waals surface area (Å²) in [5.74, 6) is -3.64. The molecule has 0 saturated carbocycles. The molecule has 2 saturated heterocycles. The molecule has 3 rings (SSSR count). The molecule has 21 heteroatoms. The molecule has 176 valence electrons. The van der Waals surface area contributed by atoms with Crippen LogP contribution in [0.4, 0.5) is 0 Å². The standard InChI is InChI=1S/C14H14N2O13S3.3Na/c17-12(15-6-5-9-13(15)14(18)16(9)30(19,20)21)4-2-8-1-3-10(28-31(22,23)24)11(7-8)29-32(25,26)27;;;/h1-4,7,9,13H,5-6H2,(H,19,20,21)(H,22,23,24)(H,25,26,27);;;/q;3*+1/p-3/b4-2+;;;/t9-,13+;;;/m1.../s1. The van der Waals surface area contributed by atoms with Gasteiger partial charge in [-0.05, 0) is 30.2 Å². The van der Waals surface area contributed by atoms with Crippen LogP contribution in [0.25, 0.3) is 6.08 Å². The number of carbonyl (C=O) groups excluding carboxylic acids is 2. The van der Waals surface area contributed by atoms with Crippen molar-refractivity contribution in [2.24, 2.45) is 0 Å². The van der Waals surface area contributed by atoms with Crippen LogP contribution in [0.15, 0.2) is 24.3 Å². The summed E-state index contributed by atoms with van der Waals surface area (Å²) in [6.45, 7) is -0.0206. The van der Waals surface area contributed by atoms with Gasteiger partial charge in [-0.25, -0.2) is 29.6 Å². The average molecular weight is 580 g/mol. The van der Waals surface area contributed by atoms with Gasteiger partial charge in [-0.1, -0.05) is 6.07 Å². The van der Waals surface area contributed by atoms with E-state index in [1.807, 2.05) is 0 Å². The van der Waals surface area contributed by atoms with Gasteiger partial charge in [-0.3, -0.25) is 9.59 Å². The van der Waals surface area contributed by atoms with Crippen molar-refractivity contribution in [3.63, 3.8) is 0 Å². The van der Waals surface area contributed by atoms with Gasteiger partial charge >= 0.3 is 88.7 Å². The van der Waals surface area contributed by atoms with Crippen molar-refractivity contribution < 1.29 is 146 Å². The maximum Gasteiger partial charge on any atom is 1.00 e. The van der Waals surface area contributed by atoms with E-state index in [1.165, 1.54) is 0 Å². The van der Waals surface area contributed by atoms with Gasteiger partial charge in [0, 0.05) is 12.6 Å². The summed E-state index contributed by atoms with van der Waals surface area (Å²) < 4.78 is 106. The number of likely N-dealkylation sites (tertiary alicyclic amines) is 1. The second kappa shape index (κ2) is 12.9. The second-order valence-electron chi connectivity index (χ2n) is 6.45. The predicted octanol–water partition coefficient (Wildman–Crippen LogP) is -11.3. The predicted molar refractivity (Wildman–Crippen MR) is 96.6 cm³/mol. The van der Waals surface area contributed by atoms with Gasteiger partial charge in [0.15, 0.2) is 21.8 Å². The van der Waals surface area contributed by atoms with E-state index in [9.17, 15) is 48.5 Å². The van der Waals surface area contributed by atoms with Crippen LogP contribution in [0.5, 0.6) is 11.5 Å². The van der Waals surface area contributed by atoms with Gasteiger partial charge in [0.25, 0.3) is 26.7 Å². The molecule has 0 unspecified atom stereocenters. The molecular formula is C14H11N2Na3O13S3. The van der Waals surface area contributed by atoms with E-state index in [2.05, 4.69) is 8.37 Å². The van der Waals surface area contributed by atoms with E-state index in [4.69, 9.17) is 0 Å². The first-order valence-electron chi connectivity index (χ1n) is 8.29. The van der Waals surface area contributed by atoms with E-state index in [1.54, 1.807) is 0 Å². The minimum Gasteiger partial charge on any atom is -0.731 e. The fourth-order valence-electron chi connectivity index (χ4n) is 3.30. The molecule has 2 fully saturated rings. The van der Waals surface area contributed by atoms with Gasteiger partial charge in [0.05, 0.1) is 6.04 Å². The Morgan fingerprint density at radius 2 is 1.49 bits per heavy atom. The van der Waals surface area contributed by atoms with E-state index in [0.717, 1.165) is 35.3 Å². The summed E-state index contributed by atoms with van der Waals surface area (Å²) in [5.41, 5.74) is -0.00732. The van der Waals surface area contributed by atoms with Crippen LogP contribution in [0.1, 0.15) is 12.0 Å². The van der Waals surface area contributed by atoms with Gasteiger partial charge in [0.1, 0.15) is 6.04 Å². The summed E-state index contributed by atoms with van der Waals surface area (Å²) >= 11 is 0. The van der Waals surface area contributed by atoms with Crippen molar-refractivity contribution in [3.8, 4) is 11.5 Å². The van der Waals surface area contributed by atoms with Gasteiger partial charge in [0.2, 0.25) is 5.91 Å². The number of nitrogens with zero attached hydrogens (tertiary/aromatic N) is 2. The van der Waals surface area contributed by atoms with Gasteiger partial charge in [-0.2, -0.15) is 0 Å². The molecule has 2 heterocycles. The molecule has 0 aliphatic carbocycles. The number of hydrogen-bond acceptors (Lipinski definition) is 13. The van der Waals surface area contributed by atoms with Crippen molar-refractivity contribution in [3.05, 3.63) is 29.8 Å². The molecule has 0 aromatic heterocycles. The maximum absolute atomic E-state index is 12.4. The SMILES string of the molecule is O=C(/C=C/c1ccc(OS(=O)(=O)[O-])c(OS(=O)(=O)[O-])c1)N1CC[C@@H]2[C@H]1C(=O)N2S(=O)(=O)[O-].[Na+].[Na+].[Na+]. The molecule has 0 bridgehead atoms. The Labute approximate surface area is 266 Å². The normalized spacial score (nSPS) is 19.6. The number of hydrogen-bond donors (Lipinski definition) is 0. The van der Waals surface area contributed by atoms with Crippen molar-refractivity contribution in [2.45, 2.75) is 18.5 Å². The third kappa shape index (κ3) is 8.89. The Balaban J connectivity index is 0.00000385. The number of benzene rings is 1. The van der Waals surface area contributed by atoms with Gasteiger partial charge in [-0.15, -0.1) is 0 Å². The van der Waals surface area contributed by atoms with Crippen LogP contribution in [-0.2, 0) is 40.7 Å². The maximum atomic E-state index is 12.4. The molecule has 1 aromatic rings. The van der Waals surface area contributed by atoms with Crippen LogP contribution in [-0.4, -0.2) is 78.6 Å². The quantitative estimate of drug-likeness (QED) is 0.0960. The molecular weight excluding hydrogens is 569 g/mol. The Morgan fingerprint density at radius 3 is 2.00 bits per heavy atom. The van der Waals surface area contributed by atoms with E-state index in [0.29, 0.717) is 0 Å². The first kappa shape index (κ1) is 35.2. The Hall–Kier alpha value is 0.230. The van der Waals surface area contributed by atoms with Crippen LogP contribution < -0.4 is 97.0 Å². The number of rotatable bonds is 7. The first-order valence-corrected chi connectivity index (χ1v) is 12.3. The van der Waals surface area contributed by atoms with E-state index >= 15 is 0 Å². The minimum atomic E-state index is -5.39. The second-order valence-corrected chi connectivity index (χ2v) is 9.66. The fraction of sp³-hybridized carbons (Fsp3) is 0.286. The third-order valence-electron chi connectivity index (χ3n) is 4.43. The zero-order chi connectivity index (χ0) is 24.1. The summed E-state index contributed by atoms with van der Waals surface area (Å²) in [6, 6.07) is 0.570. The topological polar surface area (TPSA) is 231 Å². The minimum absolute atomic E-state index is 0. The molecule has 2 aliphatic heterocycles. The largest absolute Gasteiger partial charge is 1.00 e. The van der Waals surface area contributed by atoms with E-state index in [-0.39, 0.29) is 112 Å². The number of amides is 2. The van der Waals surface area contributed by atoms with Crippen molar-refractivity contribution in [2.75, 3.05) is 6.54 Å². The van der Waals surface area contributed by atoms with Crippen LogP contribution in [0.2, 0.25) is 0 Å². The van der Waals surface area contributed by atoms with Crippen LogP contribution in [0.3, 0.4) is 0 Å². The number of β-lactam (4-membered cyclic amide) rings is 1. The summed E-state index contributed by atoms with van der Waals surface area (Å²) in [4.78, 5) is 25.4. The van der Waals surface area contributed by atoms with Gasteiger partial charge < -0.3 is 26.9 Å². The molecule has 35 heavy (non-hydrogen) atoms. The zero-order valence-electron chi connectivity index (χ0n) is 18.4. The molecule has 0 N–H and O–H groups in total. The monoisotopic (exact) mass is 580 g/mol. The first-order chi connectivity index (χ1) is 14.6. The van der Waals surface area contributed by atoms with Crippen molar-refractivity contribution in [1.29, 1.82) is 0 Å². The van der Waals surface area contributed by atoms with Crippen molar-refractivity contribution in [1.82, 2.24) is 9.21 Å². The summed E-state index contributed by atoms with van der Waals surface area (Å²) in [7, 11) is -15.7. The Bertz CT molecular complexity index is 1330. The summed E-state index contributed by atoms with van der Waals surface area (Å²) in [6.07, 6.45) is 2.05. The fourth-order valence-corrected chi connectivity index (χ4v) is 4.89.